The number of hydrogen-bond donors (Lipinski definition) is 2. The van der Waals surface area contributed by atoms with Gasteiger partial charge in [0.2, 0.25) is 5.91 Å². The molecule has 0 unspecified atom stereocenters. The zero-order valence-corrected chi connectivity index (χ0v) is 8.89. The Labute approximate surface area is 98.5 Å². The summed E-state index contributed by atoms with van der Waals surface area (Å²) in [5.74, 6) is -3.05. The molecule has 0 saturated heterocycles. The highest BCUT2D eigenvalue weighted by Crippen LogP contribution is 2.22. The van der Waals surface area contributed by atoms with E-state index >= 15 is 0 Å². The summed E-state index contributed by atoms with van der Waals surface area (Å²) in [5.41, 5.74) is 4.55. The first-order chi connectivity index (χ1) is 7.71. The molecule has 0 spiro atoms. The molecule has 8 heteroatoms. The summed E-state index contributed by atoms with van der Waals surface area (Å²) in [7, 11) is 0. The van der Waals surface area contributed by atoms with E-state index in [0.717, 1.165) is 18.2 Å². The van der Waals surface area contributed by atoms with Crippen molar-refractivity contribution in [2.24, 2.45) is 5.73 Å². The molecule has 0 radical (unpaired) electrons. The van der Waals surface area contributed by atoms with Crippen molar-refractivity contribution in [3.63, 3.8) is 0 Å². The van der Waals surface area contributed by atoms with Crippen LogP contribution in [-0.2, 0) is 4.79 Å². The van der Waals surface area contributed by atoms with Crippen molar-refractivity contribution in [1.82, 2.24) is 0 Å². The summed E-state index contributed by atoms with van der Waals surface area (Å²) in [5, 5.41) is 1.56. The second-order valence-corrected chi connectivity index (χ2v) is 3.42. The predicted molar refractivity (Wildman–Crippen MR) is 54.7 cm³/mol. The van der Waals surface area contributed by atoms with Gasteiger partial charge >= 0.3 is 12.1 Å². The summed E-state index contributed by atoms with van der Waals surface area (Å²) in [4.78, 5) is 21.5. The number of carbonyl (C=O) groups is 2. The quantitative estimate of drug-likeness (QED) is 0.859. The fourth-order valence-corrected chi connectivity index (χ4v) is 1.20. The Morgan fingerprint density at radius 3 is 2.35 bits per heavy atom. The molecule has 0 aliphatic carbocycles. The second kappa shape index (κ2) is 4.62. The van der Waals surface area contributed by atoms with Crippen LogP contribution in [0.3, 0.4) is 0 Å². The molecule has 1 aromatic rings. The molecule has 0 fully saturated rings. The third kappa shape index (κ3) is 3.35. The highest BCUT2D eigenvalue weighted by Gasteiger charge is 2.38. The number of halogens is 4. The number of amides is 2. The molecule has 0 atom stereocenters. The Bertz CT molecular complexity index is 474. The fourth-order valence-electron chi connectivity index (χ4n) is 0.994. The SMILES string of the molecule is NC(=O)c1cc(NC(=O)C(F)(F)F)ccc1Cl. The van der Waals surface area contributed by atoms with Gasteiger partial charge in [-0.05, 0) is 18.2 Å². The normalized spacial score (nSPS) is 11.1. The van der Waals surface area contributed by atoms with Crippen molar-refractivity contribution in [2.75, 3.05) is 5.32 Å². The first-order valence-corrected chi connectivity index (χ1v) is 4.57. The van der Waals surface area contributed by atoms with Crippen LogP contribution in [0.1, 0.15) is 10.4 Å². The molecule has 3 N–H and O–H groups in total. The smallest absolute Gasteiger partial charge is 0.366 e. The highest BCUT2D eigenvalue weighted by molar-refractivity contribution is 6.34. The van der Waals surface area contributed by atoms with Crippen LogP contribution in [0.25, 0.3) is 0 Å². The van der Waals surface area contributed by atoms with Crippen molar-refractivity contribution in [1.29, 1.82) is 0 Å². The van der Waals surface area contributed by atoms with Gasteiger partial charge in [-0.15, -0.1) is 0 Å². The Hall–Kier alpha value is -1.76. The Morgan fingerprint density at radius 2 is 1.88 bits per heavy atom. The molecule has 0 aromatic heterocycles. The number of hydrogen-bond acceptors (Lipinski definition) is 2. The van der Waals surface area contributed by atoms with Crippen molar-refractivity contribution in [3.05, 3.63) is 28.8 Å². The van der Waals surface area contributed by atoms with Gasteiger partial charge in [-0.1, -0.05) is 11.6 Å². The number of alkyl halides is 3. The van der Waals surface area contributed by atoms with E-state index < -0.39 is 18.0 Å². The highest BCUT2D eigenvalue weighted by atomic mass is 35.5. The Balaban J connectivity index is 2.98. The van der Waals surface area contributed by atoms with E-state index in [0.29, 0.717) is 0 Å². The number of nitrogens with one attached hydrogen (secondary N) is 1. The van der Waals surface area contributed by atoms with E-state index in [1.807, 2.05) is 0 Å². The maximum Gasteiger partial charge on any atom is 0.471 e. The van der Waals surface area contributed by atoms with Gasteiger partial charge in [0.25, 0.3) is 0 Å². The van der Waals surface area contributed by atoms with Crippen molar-refractivity contribution in [2.45, 2.75) is 6.18 Å². The minimum Gasteiger partial charge on any atom is -0.366 e. The predicted octanol–water partition coefficient (Wildman–Crippen LogP) is 1.94. The second-order valence-electron chi connectivity index (χ2n) is 3.01. The van der Waals surface area contributed by atoms with E-state index in [4.69, 9.17) is 17.3 Å². The molecule has 0 saturated carbocycles. The van der Waals surface area contributed by atoms with Gasteiger partial charge in [-0.3, -0.25) is 9.59 Å². The lowest BCUT2D eigenvalue weighted by Crippen LogP contribution is -2.30. The number of anilines is 1. The number of primary amides is 1. The maximum atomic E-state index is 11.9. The van der Waals surface area contributed by atoms with Crippen LogP contribution in [0, 0.1) is 0 Å². The van der Waals surface area contributed by atoms with E-state index in [2.05, 4.69) is 0 Å². The third-order valence-electron chi connectivity index (χ3n) is 1.75. The van der Waals surface area contributed by atoms with Crippen LogP contribution >= 0.6 is 11.6 Å². The molecule has 0 aliphatic heterocycles. The van der Waals surface area contributed by atoms with Crippen LogP contribution in [0.15, 0.2) is 18.2 Å². The average Bonchev–Trinajstić information content (AvgIpc) is 2.19. The molecule has 4 nitrogen and oxygen atoms in total. The summed E-state index contributed by atoms with van der Waals surface area (Å²) in [6.45, 7) is 0. The average molecular weight is 267 g/mol. The van der Waals surface area contributed by atoms with Crippen LogP contribution in [0.4, 0.5) is 18.9 Å². The molecule has 0 aliphatic rings. The Morgan fingerprint density at radius 1 is 1.29 bits per heavy atom. The lowest BCUT2D eigenvalue weighted by Gasteiger charge is -2.09. The van der Waals surface area contributed by atoms with Crippen molar-refractivity contribution >= 4 is 29.1 Å². The number of nitrogens with two attached hydrogens (primary N) is 1. The molecule has 2 amide bonds. The lowest BCUT2D eigenvalue weighted by atomic mass is 10.2. The minimum atomic E-state index is -5.01. The monoisotopic (exact) mass is 266 g/mol. The van der Waals surface area contributed by atoms with E-state index in [9.17, 15) is 22.8 Å². The summed E-state index contributed by atoms with van der Waals surface area (Å²) in [6, 6.07) is 3.25. The molecular formula is C9H6ClF3N2O2. The van der Waals surface area contributed by atoms with Crippen molar-refractivity contribution < 1.29 is 22.8 Å². The molecule has 0 bridgehead atoms. The number of benzene rings is 1. The van der Waals surface area contributed by atoms with Gasteiger partial charge < -0.3 is 11.1 Å². The molecule has 1 rings (SSSR count). The van der Waals surface area contributed by atoms with Gasteiger partial charge in [-0.2, -0.15) is 13.2 Å². The Kier molecular flexibility index (Phi) is 3.62. The van der Waals surface area contributed by atoms with Crippen LogP contribution in [0.2, 0.25) is 5.02 Å². The molecule has 92 valence electrons. The van der Waals surface area contributed by atoms with Gasteiger partial charge in [0.15, 0.2) is 0 Å². The van der Waals surface area contributed by atoms with E-state index in [-0.39, 0.29) is 16.3 Å². The topological polar surface area (TPSA) is 72.2 Å². The minimum absolute atomic E-state index is 0.0116. The number of carbonyl (C=O) groups excluding carboxylic acids is 2. The first-order valence-electron chi connectivity index (χ1n) is 4.19. The van der Waals surface area contributed by atoms with Crippen molar-refractivity contribution in [3.8, 4) is 0 Å². The van der Waals surface area contributed by atoms with Gasteiger partial charge in [0.05, 0.1) is 10.6 Å². The molecular weight excluding hydrogens is 261 g/mol. The maximum absolute atomic E-state index is 11.9. The molecule has 0 heterocycles. The van der Waals surface area contributed by atoms with Gasteiger partial charge in [0.1, 0.15) is 0 Å². The molecule has 17 heavy (non-hydrogen) atoms. The van der Waals surface area contributed by atoms with E-state index in [1.54, 1.807) is 5.32 Å². The summed E-state index contributed by atoms with van der Waals surface area (Å²) < 4.78 is 35.8. The van der Waals surface area contributed by atoms with Gasteiger partial charge in [0, 0.05) is 5.69 Å². The summed E-state index contributed by atoms with van der Waals surface area (Å²) >= 11 is 5.58. The zero-order valence-electron chi connectivity index (χ0n) is 8.14. The largest absolute Gasteiger partial charge is 0.471 e. The fraction of sp³-hybridized carbons (Fsp3) is 0.111. The lowest BCUT2D eigenvalue weighted by molar-refractivity contribution is -0.167. The molecule has 1 aromatic carbocycles. The summed E-state index contributed by atoms with van der Waals surface area (Å²) in [6.07, 6.45) is -5.01. The van der Waals surface area contributed by atoms with Crippen LogP contribution in [-0.4, -0.2) is 18.0 Å². The first kappa shape index (κ1) is 13.3. The van der Waals surface area contributed by atoms with Crippen LogP contribution in [0.5, 0.6) is 0 Å². The number of rotatable bonds is 2. The zero-order chi connectivity index (χ0) is 13.2. The van der Waals surface area contributed by atoms with Crippen LogP contribution < -0.4 is 11.1 Å². The third-order valence-corrected chi connectivity index (χ3v) is 2.08. The van der Waals surface area contributed by atoms with E-state index in [1.165, 1.54) is 0 Å². The van der Waals surface area contributed by atoms with Gasteiger partial charge in [-0.25, -0.2) is 0 Å². The standard InChI is InChI=1S/C9H6ClF3N2O2/c10-6-2-1-4(3-5(6)7(14)16)15-8(17)9(11,12)13/h1-3H,(H2,14,16)(H,15,17).